The zero-order valence-corrected chi connectivity index (χ0v) is 16.8. The van der Waals surface area contributed by atoms with Crippen LogP contribution in [0.2, 0.25) is 0 Å². The molecule has 0 radical (unpaired) electrons. The first kappa shape index (κ1) is 21.4. The summed E-state index contributed by atoms with van der Waals surface area (Å²) >= 11 is 0. The van der Waals surface area contributed by atoms with Crippen LogP contribution in [0.5, 0.6) is 5.88 Å². The summed E-state index contributed by atoms with van der Waals surface area (Å²) in [6, 6.07) is 3.52. The molecule has 5 nitrogen and oxygen atoms in total. The van der Waals surface area contributed by atoms with Crippen LogP contribution in [0.4, 0.5) is 0 Å². The molecule has 0 aliphatic carbocycles. The van der Waals surface area contributed by atoms with Gasteiger partial charge in [-0.1, -0.05) is 27.7 Å². The number of carbonyl (C=O) groups is 1. The van der Waals surface area contributed by atoms with Gasteiger partial charge >= 0.3 is 0 Å². The Balaban J connectivity index is 2.62. The first-order valence-electron chi connectivity index (χ1n) is 9.10. The molecule has 5 heteroatoms. The molecule has 0 atom stereocenters. The third kappa shape index (κ3) is 8.87. The molecule has 0 aromatic carbocycles. The van der Waals surface area contributed by atoms with E-state index < -0.39 is 0 Å². The molecule has 0 aliphatic heterocycles. The third-order valence-corrected chi connectivity index (χ3v) is 3.31. The SMILES string of the molecule is CC(C)CN(CC(C)C)C(=O)c1ccc(OCCOC(C)(C)C)nc1. The van der Waals surface area contributed by atoms with Gasteiger partial charge in [-0.2, -0.15) is 0 Å². The molecule has 25 heavy (non-hydrogen) atoms. The average Bonchev–Trinajstić information content (AvgIpc) is 2.49. The smallest absolute Gasteiger partial charge is 0.255 e. The fraction of sp³-hybridized carbons (Fsp3) is 0.700. The van der Waals surface area contributed by atoms with Crippen molar-refractivity contribution in [3.05, 3.63) is 23.9 Å². The molecule has 0 spiro atoms. The molecule has 0 bridgehead atoms. The van der Waals surface area contributed by atoms with Gasteiger partial charge in [-0.25, -0.2) is 4.98 Å². The van der Waals surface area contributed by atoms with E-state index >= 15 is 0 Å². The number of amides is 1. The molecule has 0 saturated carbocycles. The van der Waals surface area contributed by atoms with E-state index in [1.165, 1.54) is 0 Å². The minimum atomic E-state index is -0.177. The topological polar surface area (TPSA) is 51.7 Å². The standard InChI is InChI=1S/C20H34N2O3/c1-15(2)13-22(14-16(3)4)19(23)17-8-9-18(21-12-17)24-10-11-25-20(5,6)7/h8-9,12,15-16H,10-11,13-14H2,1-7H3. The van der Waals surface area contributed by atoms with E-state index in [0.29, 0.717) is 36.5 Å². The molecular formula is C20H34N2O3. The lowest BCUT2D eigenvalue weighted by molar-refractivity contribution is -0.0168. The van der Waals surface area contributed by atoms with Crippen LogP contribution in [-0.4, -0.2) is 47.7 Å². The second-order valence-electron chi connectivity index (χ2n) is 8.19. The van der Waals surface area contributed by atoms with E-state index in [1.54, 1.807) is 18.3 Å². The Kier molecular flexibility index (Phi) is 8.36. The minimum Gasteiger partial charge on any atom is -0.475 e. The molecule has 0 fully saturated rings. The van der Waals surface area contributed by atoms with Crippen LogP contribution in [0.1, 0.15) is 58.8 Å². The molecule has 1 amide bonds. The summed E-state index contributed by atoms with van der Waals surface area (Å²) in [5.74, 6) is 1.40. The van der Waals surface area contributed by atoms with E-state index in [4.69, 9.17) is 9.47 Å². The third-order valence-electron chi connectivity index (χ3n) is 3.31. The Morgan fingerprint density at radius 1 is 1.08 bits per heavy atom. The number of hydrogen-bond donors (Lipinski definition) is 0. The van der Waals surface area contributed by atoms with Crippen LogP contribution in [0, 0.1) is 11.8 Å². The summed E-state index contributed by atoms with van der Waals surface area (Å²) in [6.07, 6.45) is 1.59. The summed E-state index contributed by atoms with van der Waals surface area (Å²) in [7, 11) is 0. The van der Waals surface area contributed by atoms with Crippen molar-refractivity contribution in [2.24, 2.45) is 11.8 Å². The van der Waals surface area contributed by atoms with Crippen LogP contribution >= 0.6 is 0 Å². The lowest BCUT2D eigenvalue weighted by atomic mass is 10.1. The summed E-state index contributed by atoms with van der Waals surface area (Å²) in [4.78, 5) is 18.9. The van der Waals surface area contributed by atoms with E-state index in [9.17, 15) is 4.79 Å². The molecule has 1 rings (SSSR count). The number of pyridine rings is 1. The highest BCUT2D eigenvalue weighted by Crippen LogP contribution is 2.13. The lowest BCUT2D eigenvalue weighted by Gasteiger charge is -2.26. The molecule has 1 aromatic rings. The number of carbonyl (C=O) groups excluding carboxylic acids is 1. The van der Waals surface area contributed by atoms with Crippen molar-refractivity contribution in [1.29, 1.82) is 0 Å². The molecule has 142 valence electrons. The Bertz CT molecular complexity index is 509. The van der Waals surface area contributed by atoms with Crippen molar-refractivity contribution in [1.82, 2.24) is 9.88 Å². The monoisotopic (exact) mass is 350 g/mol. The predicted octanol–water partition coefficient (Wildman–Crippen LogP) is 4.03. The van der Waals surface area contributed by atoms with Gasteiger partial charge in [-0.3, -0.25) is 4.79 Å². The van der Waals surface area contributed by atoms with Crippen molar-refractivity contribution in [2.75, 3.05) is 26.3 Å². The number of aromatic nitrogens is 1. The molecular weight excluding hydrogens is 316 g/mol. The van der Waals surface area contributed by atoms with Crippen LogP contribution in [0.3, 0.4) is 0 Å². The predicted molar refractivity (Wildman–Crippen MR) is 101 cm³/mol. The molecule has 0 N–H and O–H groups in total. The van der Waals surface area contributed by atoms with Crippen molar-refractivity contribution in [2.45, 2.75) is 54.1 Å². The lowest BCUT2D eigenvalue weighted by Crippen LogP contribution is -2.37. The number of rotatable bonds is 9. The van der Waals surface area contributed by atoms with Gasteiger partial charge in [0.1, 0.15) is 6.61 Å². The average molecular weight is 351 g/mol. The summed E-state index contributed by atoms with van der Waals surface area (Å²) in [6.45, 7) is 16.9. The normalized spacial score (nSPS) is 11.9. The summed E-state index contributed by atoms with van der Waals surface area (Å²) < 4.78 is 11.2. The molecule has 0 saturated heterocycles. The first-order valence-corrected chi connectivity index (χ1v) is 9.10. The van der Waals surface area contributed by atoms with Crippen molar-refractivity contribution in [3.8, 4) is 5.88 Å². The van der Waals surface area contributed by atoms with Crippen LogP contribution < -0.4 is 4.74 Å². The van der Waals surface area contributed by atoms with Gasteiger partial charge < -0.3 is 14.4 Å². The summed E-state index contributed by atoms with van der Waals surface area (Å²) in [5.41, 5.74) is 0.420. The van der Waals surface area contributed by atoms with Gasteiger partial charge in [0.2, 0.25) is 5.88 Å². The zero-order valence-electron chi connectivity index (χ0n) is 16.8. The maximum atomic E-state index is 12.7. The van der Waals surface area contributed by atoms with Crippen LogP contribution in [0.15, 0.2) is 18.3 Å². The fourth-order valence-electron chi connectivity index (χ4n) is 2.39. The zero-order chi connectivity index (χ0) is 19.0. The molecule has 0 aliphatic rings. The van der Waals surface area contributed by atoms with Gasteiger partial charge in [0.15, 0.2) is 0 Å². The van der Waals surface area contributed by atoms with Gasteiger partial charge in [0, 0.05) is 25.4 Å². The molecule has 1 heterocycles. The number of nitrogens with zero attached hydrogens (tertiary/aromatic N) is 2. The Morgan fingerprint density at radius 2 is 1.68 bits per heavy atom. The highest BCUT2D eigenvalue weighted by Gasteiger charge is 2.18. The number of ether oxygens (including phenoxy) is 2. The highest BCUT2D eigenvalue weighted by atomic mass is 16.5. The number of hydrogen-bond acceptors (Lipinski definition) is 4. The maximum Gasteiger partial charge on any atom is 0.255 e. The summed E-state index contributed by atoms with van der Waals surface area (Å²) in [5, 5.41) is 0. The second kappa shape index (κ2) is 9.76. The van der Waals surface area contributed by atoms with Crippen LogP contribution in [-0.2, 0) is 4.74 Å². The van der Waals surface area contributed by atoms with E-state index in [1.807, 2.05) is 25.7 Å². The first-order chi connectivity index (χ1) is 11.6. The quantitative estimate of drug-likeness (QED) is 0.631. The second-order valence-corrected chi connectivity index (χ2v) is 8.19. The van der Waals surface area contributed by atoms with E-state index in [0.717, 1.165) is 13.1 Å². The van der Waals surface area contributed by atoms with Gasteiger partial charge in [0.25, 0.3) is 5.91 Å². The van der Waals surface area contributed by atoms with Crippen molar-refractivity contribution >= 4 is 5.91 Å². The Morgan fingerprint density at radius 3 is 2.12 bits per heavy atom. The van der Waals surface area contributed by atoms with Gasteiger partial charge in [-0.05, 0) is 38.7 Å². The van der Waals surface area contributed by atoms with Crippen molar-refractivity contribution < 1.29 is 14.3 Å². The van der Waals surface area contributed by atoms with Crippen LogP contribution in [0.25, 0.3) is 0 Å². The van der Waals surface area contributed by atoms with Crippen molar-refractivity contribution in [3.63, 3.8) is 0 Å². The van der Waals surface area contributed by atoms with E-state index in [2.05, 4.69) is 32.7 Å². The Labute approximate surface area is 152 Å². The molecule has 1 aromatic heterocycles. The highest BCUT2D eigenvalue weighted by molar-refractivity contribution is 5.94. The molecule has 0 unspecified atom stereocenters. The van der Waals surface area contributed by atoms with E-state index in [-0.39, 0.29) is 11.5 Å². The minimum absolute atomic E-state index is 0.0255. The Hall–Kier alpha value is -1.62. The van der Waals surface area contributed by atoms with Gasteiger partial charge in [0.05, 0.1) is 17.8 Å². The fourth-order valence-corrected chi connectivity index (χ4v) is 2.39. The largest absolute Gasteiger partial charge is 0.475 e. The van der Waals surface area contributed by atoms with Gasteiger partial charge in [-0.15, -0.1) is 0 Å². The maximum absolute atomic E-state index is 12.7.